The fraction of sp³-hybridized carbons (Fsp3) is 0.130. The second kappa shape index (κ2) is 7.98. The Morgan fingerprint density at radius 2 is 1.70 bits per heavy atom. The highest BCUT2D eigenvalue weighted by Gasteiger charge is 2.07. The van der Waals surface area contributed by atoms with Crippen molar-refractivity contribution in [1.82, 2.24) is 9.97 Å². The normalized spacial score (nSPS) is 12.0. The van der Waals surface area contributed by atoms with Gasteiger partial charge in [0.15, 0.2) is 0 Å². The van der Waals surface area contributed by atoms with E-state index in [0.717, 1.165) is 34.1 Å². The van der Waals surface area contributed by atoms with Gasteiger partial charge in [-0.05, 0) is 41.1 Å². The molecule has 0 saturated heterocycles. The molecule has 0 aliphatic rings. The van der Waals surface area contributed by atoms with Crippen LogP contribution in [0.3, 0.4) is 0 Å². The van der Waals surface area contributed by atoms with Crippen LogP contribution in [0.2, 0.25) is 0 Å². The number of hydrogen-bond donors (Lipinski definition) is 1. The fourth-order valence-corrected chi connectivity index (χ4v) is 3.10. The molecule has 27 heavy (non-hydrogen) atoms. The average Bonchev–Trinajstić information content (AvgIpc) is 2.73. The summed E-state index contributed by atoms with van der Waals surface area (Å²) in [6.45, 7) is 0.448. The average molecular weight is 355 g/mol. The number of fused-ring (bicyclic) bond motifs is 1. The predicted octanol–water partition coefficient (Wildman–Crippen LogP) is 4.25. The first-order valence-electron chi connectivity index (χ1n) is 8.99. The van der Waals surface area contributed by atoms with Crippen LogP contribution in [0.1, 0.15) is 5.56 Å². The third-order valence-electron chi connectivity index (χ3n) is 4.49. The monoisotopic (exact) mass is 355 g/mol. The molecule has 4 heteroatoms. The van der Waals surface area contributed by atoms with Gasteiger partial charge >= 0.3 is 0 Å². The molecule has 0 fully saturated rings. The Labute approximate surface area is 158 Å². The number of rotatable bonds is 6. The molecular weight excluding hydrogens is 334 g/mol. The molecule has 2 aromatic carbocycles. The van der Waals surface area contributed by atoms with E-state index in [4.69, 9.17) is 10.5 Å². The Hall–Kier alpha value is -3.24. The minimum absolute atomic E-state index is 0.0655. The molecule has 2 N–H and O–H groups in total. The van der Waals surface area contributed by atoms with E-state index in [1.165, 1.54) is 5.56 Å². The molecule has 0 aliphatic carbocycles. The van der Waals surface area contributed by atoms with Gasteiger partial charge in [-0.25, -0.2) is 0 Å². The summed E-state index contributed by atoms with van der Waals surface area (Å²) in [7, 11) is 0. The van der Waals surface area contributed by atoms with Crippen molar-refractivity contribution in [3.05, 3.63) is 91.0 Å². The molecule has 0 amide bonds. The van der Waals surface area contributed by atoms with E-state index in [-0.39, 0.29) is 6.04 Å². The molecule has 0 spiro atoms. The van der Waals surface area contributed by atoms with Gasteiger partial charge < -0.3 is 10.5 Å². The first-order chi connectivity index (χ1) is 13.3. The Bertz CT molecular complexity index is 1030. The maximum atomic E-state index is 6.21. The predicted molar refractivity (Wildman–Crippen MR) is 109 cm³/mol. The minimum Gasteiger partial charge on any atom is -0.490 e. The van der Waals surface area contributed by atoms with E-state index in [1.54, 1.807) is 12.4 Å². The van der Waals surface area contributed by atoms with Gasteiger partial charge in [-0.3, -0.25) is 9.97 Å². The summed E-state index contributed by atoms with van der Waals surface area (Å²) in [5, 5.41) is 2.27. The molecule has 2 aromatic heterocycles. The summed E-state index contributed by atoms with van der Waals surface area (Å²) in [6, 6.07) is 20.4. The maximum absolute atomic E-state index is 6.21. The molecule has 4 nitrogen and oxygen atoms in total. The molecule has 0 radical (unpaired) electrons. The lowest BCUT2D eigenvalue weighted by Gasteiger charge is -2.14. The van der Waals surface area contributed by atoms with E-state index in [0.29, 0.717) is 6.61 Å². The number of nitrogens with two attached hydrogens (primary N) is 1. The minimum atomic E-state index is -0.0655. The van der Waals surface area contributed by atoms with Crippen LogP contribution >= 0.6 is 0 Å². The van der Waals surface area contributed by atoms with Gasteiger partial charge in [-0.15, -0.1) is 0 Å². The highest BCUT2D eigenvalue weighted by molar-refractivity contribution is 5.86. The fourth-order valence-electron chi connectivity index (χ4n) is 3.10. The van der Waals surface area contributed by atoms with Crippen LogP contribution in [0, 0.1) is 0 Å². The van der Waals surface area contributed by atoms with Crippen LogP contribution in [0.4, 0.5) is 0 Å². The van der Waals surface area contributed by atoms with Gasteiger partial charge in [-0.2, -0.15) is 0 Å². The lowest BCUT2D eigenvalue weighted by molar-refractivity contribution is 0.286. The lowest BCUT2D eigenvalue weighted by Crippen LogP contribution is -2.30. The highest BCUT2D eigenvalue weighted by atomic mass is 16.5. The molecule has 0 unspecified atom stereocenters. The zero-order valence-corrected chi connectivity index (χ0v) is 15.0. The largest absolute Gasteiger partial charge is 0.490 e. The highest BCUT2D eigenvalue weighted by Crippen LogP contribution is 2.26. The van der Waals surface area contributed by atoms with Crippen molar-refractivity contribution in [1.29, 1.82) is 0 Å². The molecule has 2 heterocycles. The van der Waals surface area contributed by atoms with Crippen molar-refractivity contribution in [3.8, 4) is 16.9 Å². The van der Waals surface area contributed by atoms with Gasteiger partial charge in [0.1, 0.15) is 12.4 Å². The Morgan fingerprint density at radius 3 is 2.59 bits per heavy atom. The van der Waals surface area contributed by atoms with E-state index in [2.05, 4.69) is 40.3 Å². The third-order valence-corrected chi connectivity index (χ3v) is 4.49. The molecule has 1 atom stereocenters. The molecular formula is C23H21N3O. The van der Waals surface area contributed by atoms with Gasteiger partial charge in [0.2, 0.25) is 0 Å². The van der Waals surface area contributed by atoms with Crippen LogP contribution in [-0.2, 0) is 6.42 Å². The van der Waals surface area contributed by atoms with Gasteiger partial charge in [-0.1, -0.05) is 42.5 Å². The number of nitrogens with zero attached hydrogens (tertiary/aromatic N) is 2. The molecule has 0 bridgehead atoms. The summed E-state index contributed by atoms with van der Waals surface area (Å²) in [4.78, 5) is 8.48. The van der Waals surface area contributed by atoms with Crippen LogP contribution in [0.15, 0.2) is 85.5 Å². The summed E-state index contributed by atoms with van der Waals surface area (Å²) in [5.41, 5.74) is 9.54. The Morgan fingerprint density at radius 1 is 0.815 bits per heavy atom. The first kappa shape index (κ1) is 17.2. The van der Waals surface area contributed by atoms with Gasteiger partial charge in [0, 0.05) is 35.6 Å². The van der Waals surface area contributed by atoms with Crippen LogP contribution < -0.4 is 10.5 Å². The number of pyridine rings is 2. The van der Waals surface area contributed by atoms with Crippen molar-refractivity contribution in [2.24, 2.45) is 5.73 Å². The number of hydrogen-bond acceptors (Lipinski definition) is 4. The second-order valence-electron chi connectivity index (χ2n) is 6.61. The lowest BCUT2D eigenvalue weighted by atomic mass is 10.0. The van der Waals surface area contributed by atoms with Crippen molar-refractivity contribution >= 4 is 10.8 Å². The van der Waals surface area contributed by atoms with E-state index < -0.39 is 0 Å². The molecule has 0 aliphatic heterocycles. The summed E-state index contributed by atoms with van der Waals surface area (Å²) in [6.07, 6.45) is 8.03. The van der Waals surface area contributed by atoms with E-state index in [9.17, 15) is 0 Å². The van der Waals surface area contributed by atoms with Crippen molar-refractivity contribution < 1.29 is 4.74 Å². The maximum Gasteiger partial charge on any atom is 0.138 e. The molecule has 134 valence electrons. The van der Waals surface area contributed by atoms with Crippen molar-refractivity contribution in [3.63, 3.8) is 0 Å². The van der Waals surface area contributed by atoms with Gasteiger partial charge in [0.05, 0.1) is 6.20 Å². The van der Waals surface area contributed by atoms with Crippen LogP contribution in [0.25, 0.3) is 21.9 Å². The zero-order chi connectivity index (χ0) is 18.5. The van der Waals surface area contributed by atoms with Crippen LogP contribution in [-0.4, -0.2) is 22.6 Å². The quantitative estimate of drug-likeness (QED) is 0.562. The summed E-state index contributed by atoms with van der Waals surface area (Å²) in [5.74, 6) is 0.728. The molecule has 4 aromatic rings. The first-order valence-corrected chi connectivity index (χ1v) is 8.99. The van der Waals surface area contributed by atoms with E-state index in [1.807, 2.05) is 42.7 Å². The topological polar surface area (TPSA) is 61.0 Å². The van der Waals surface area contributed by atoms with Crippen molar-refractivity contribution in [2.45, 2.75) is 12.5 Å². The number of aromatic nitrogens is 2. The Kier molecular flexibility index (Phi) is 5.08. The standard InChI is InChI=1S/C23H21N3O/c24-22(10-17-4-2-1-3-5-17)16-27-23-12-21(14-26-15-23)18-6-7-20-13-25-9-8-19(20)11-18/h1-9,11-15,22H,10,16,24H2/t22-/m0/s1. The Balaban J connectivity index is 1.45. The summed E-state index contributed by atoms with van der Waals surface area (Å²) >= 11 is 0. The summed E-state index contributed by atoms with van der Waals surface area (Å²) < 4.78 is 5.89. The van der Waals surface area contributed by atoms with Gasteiger partial charge in [0.25, 0.3) is 0 Å². The number of ether oxygens (including phenoxy) is 1. The SMILES string of the molecule is N[C@H](COc1cncc(-c2ccc3cnccc3c2)c1)Cc1ccccc1. The van der Waals surface area contributed by atoms with Crippen molar-refractivity contribution in [2.75, 3.05) is 6.61 Å². The molecule has 0 saturated carbocycles. The number of benzene rings is 2. The van der Waals surface area contributed by atoms with Crippen LogP contribution in [0.5, 0.6) is 5.75 Å². The second-order valence-corrected chi connectivity index (χ2v) is 6.61. The van der Waals surface area contributed by atoms with E-state index >= 15 is 0 Å². The smallest absolute Gasteiger partial charge is 0.138 e. The third kappa shape index (κ3) is 4.30. The zero-order valence-electron chi connectivity index (χ0n) is 15.0. The molecule has 4 rings (SSSR count).